The highest BCUT2D eigenvalue weighted by Gasteiger charge is 2.19. The summed E-state index contributed by atoms with van der Waals surface area (Å²) < 4.78 is 54.7. The average molecular weight is 343 g/mol. The maximum absolute atomic E-state index is 12.1. The Morgan fingerprint density at radius 3 is 2.48 bits per heavy atom. The summed E-state index contributed by atoms with van der Waals surface area (Å²) in [5.74, 6) is -0.178. The van der Waals surface area contributed by atoms with Crippen molar-refractivity contribution in [3.05, 3.63) is 23.2 Å². The minimum atomic E-state index is -3.81. The number of hydrogen-bond acceptors (Lipinski definition) is 4. The number of nitrogens with two attached hydrogens (primary N) is 1. The van der Waals surface area contributed by atoms with Gasteiger partial charge in [-0.25, -0.2) is 13.1 Å². The lowest BCUT2D eigenvalue weighted by Gasteiger charge is -2.16. The summed E-state index contributed by atoms with van der Waals surface area (Å²) in [5, 5.41) is -0.216. The fourth-order valence-electron chi connectivity index (χ4n) is 1.37. The Labute approximate surface area is 127 Å². The monoisotopic (exact) mass is 342 g/mol. The number of sulfonamides is 1. The first-order valence-corrected chi connectivity index (χ1v) is 7.99. The van der Waals surface area contributed by atoms with Gasteiger partial charge in [-0.15, -0.1) is 0 Å². The van der Waals surface area contributed by atoms with E-state index >= 15 is 0 Å². The summed E-state index contributed by atoms with van der Waals surface area (Å²) in [6.45, 7) is 0.762. The van der Waals surface area contributed by atoms with Gasteiger partial charge >= 0.3 is 6.61 Å². The van der Waals surface area contributed by atoms with Crippen molar-refractivity contribution in [3.8, 4) is 5.75 Å². The molecule has 0 aliphatic carbocycles. The van der Waals surface area contributed by atoms with Crippen LogP contribution in [0.1, 0.15) is 13.8 Å². The van der Waals surface area contributed by atoms with Crippen molar-refractivity contribution in [2.45, 2.75) is 31.4 Å². The Hall–Kier alpha value is -0.960. The second kappa shape index (κ2) is 7.35. The van der Waals surface area contributed by atoms with Crippen molar-refractivity contribution in [1.82, 2.24) is 4.72 Å². The molecule has 1 aromatic rings. The van der Waals surface area contributed by atoms with E-state index in [1.165, 1.54) is 0 Å². The molecule has 0 saturated heterocycles. The van der Waals surface area contributed by atoms with Crippen molar-refractivity contribution in [1.29, 1.82) is 0 Å². The van der Waals surface area contributed by atoms with E-state index in [0.717, 1.165) is 18.2 Å². The maximum Gasteiger partial charge on any atom is 0.387 e. The van der Waals surface area contributed by atoms with Crippen LogP contribution in [0.5, 0.6) is 5.75 Å². The van der Waals surface area contributed by atoms with Gasteiger partial charge < -0.3 is 10.5 Å². The van der Waals surface area contributed by atoms with Crippen LogP contribution in [0.2, 0.25) is 5.02 Å². The first-order valence-electron chi connectivity index (χ1n) is 6.13. The van der Waals surface area contributed by atoms with Gasteiger partial charge in [-0.05, 0) is 24.1 Å². The average Bonchev–Trinajstić information content (AvgIpc) is 2.37. The molecule has 0 aromatic heterocycles. The normalized spacial score (nSPS) is 13.7. The Balaban J connectivity index is 2.87. The highest BCUT2D eigenvalue weighted by atomic mass is 35.5. The summed E-state index contributed by atoms with van der Waals surface area (Å²) in [7, 11) is -3.81. The molecule has 0 fully saturated rings. The van der Waals surface area contributed by atoms with E-state index in [9.17, 15) is 17.2 Å². The topological polar surface area (TPSA) is 81.4 Å². The minimum Gasteiger partial charge on any atom is -0.433 e. The molecule has 0 saturated carbocycles. The van der Waals surface area contributed by atoms with Crippen LogP contribution in [-0.2, 0) is 10.0 Å². The van der Waals surface area contributed by atoms with Crippen LogP contribution in [0, 0.1) is 5.92 Å². The van der Waals surface area contributed by atoms with E-state index in [1.807, 2.05) is 13.8 Å². The molecule has 1 unspecified atom stereocenters. The number of halogens is 3. The molecular formula is C12H17ClF2N2O3S. The first kappa shape index (κ1) is 18.1. The molecule has 120 valence electrons. The van der Waals surface area contributed by atoms with Crippen LogP contribution in [0.4, 0.5) is 8.78 Å². The maximum atomic E-state index is 12.1. The molecule has 9 heteroatoms. The van der Waals surface area contributed by atoms with E-state index in [2.05, 4.69) is 9.46 Å². The summed E-state index contributed by atoms with van der Waals surface area (Å²) in [4.78, 5) is -0.148. The van der Waals surface area contributed by atoms with E-state index < -0.39 is 16.6 Å². The van der Waals surface area contributed by atoms with Crippen LogP contribution >= 0.6 is 11.6 Å². The molecule has 3 N–H and O–H groups in total. The summed E-state index contributed by atoms with van der Waals surface area (Å²) in [6, 6.07) is 2.91. The Morgan fingerprint density at radius 1 is 1.38 bits per heavy atom. The molecule has 1 aromatic carbocycles. The van der Waals surface area contributed by atoms with Crippen LogP contribution < -0.4 is 15.2 Å². The van der Waals surface area contributed by atoms with Crippen LogP contribution in [-0.4, -0.2) is 27.6 Å². The van der Waals surface area contributed by atoms with E-state index in [4.69, 9.17) is 17.3 Å². The van der Waals surface area contributed by atoms with E-state index in [1.54, 1.807) is 0 Å². The molecule has 0 aliphatic heterocycles. The van der Waals surface area contributed by atoms with Crippen LogP contribution in [0.3, 0.4) is 0 Å². The van der Waals surface area contributed by atoms with Crippen molar-refractivity contribution >= 4 is 21.6 Å². The van der Waals surface area contributed by atoms with Crippen molar-refractivity contribution in [2.24, 2.45) is 11.7 Å². The zero-order valence-electron chi connectivity index (χ0n) is 11.5. The van der Waals surface area contributed by atoms with Gasteiger partial charge in [-0.1, -0.05) is 25.4 Å². The van der Waals surface area contributed by atoms with Gasteiger partial charge in [0.1, 0.15) is 5.75 Å². The fourth-order valence-corrected chi connectivity index (χ4v) is 2.75. The Bertz CT molecular complexity index is 582. The number of hydrogen-bond donors (Lipinski definition) is 2. The molecule has 1 rings (SSSR count). The molecule has 5 nitrogen and oxygen atoms in total. The number of nitrogens with one attached hydrogen (secondary N) is 1. The van der Waals surface area contributed by atoms with Gasteiger partial charge in [-0.2, -0.15) is 8.78 Å². The lowest BCUT2D eigenvalue weighted by atomic mass is 10.1. The van der Waals surface area contributed by atoms with Gasteiger partial charge in [0.2, 0.25) is 10.0 Å². The molecule has 0 heterocycles. The highest BCUT2D eigenvalue weighted by molar-refractivity contribution is 7.89. The third-order valence-electron chi connectivity index (χ3n) is 2.80. The fraction of sp³-hybridized carbons (Fsp3) is 0.500. The molecule has 21 heavy (non-hydrogen) atoms. The highest BCUT2D eigenvalue weighted by Crippen LogP contribution is 2.28. The van der Waals surface area contributed by atoms with E-state index in [-0.39, 0.29) is 34.2 Å². The van der Waals surface area contributed by atoms with Gasteiger partial charge in [0.15, 0.2) is 0 Å². The van der Waals surface area contributed by atoms with Gasteiger partial charge in [0, 0.05) is 12.6 Å². The summed E-state index contributed by atoms with van der Waals surface area (Å²) >= 11 is 5.72. The number of ether oxygens (including phenoxy) is 1. The van der Waals surface area contributed by atoms with Crippen LogP contribution in [0.15, 0.2) is 23.1 Å². The predicted octanol–water partition coefficient (Wildman–Crippen LogP) is 2.20. The van der Waals surface area contributed by atoms with Gasteiger partial charge in [-0.3, -0.25) is 0 Å². The first-order chi connectivity index (χ1) is 9.63. The molecule has 1 atom stereocenters. The minimum absolute atomic E-state index is 0.0624. The quantitative estimate of drug-likeness (QED) is 0.796. The zero-order chi connectivity index (χ0) is 16.2. The lowest BCUT2D eigenvalue weighted by molar-refractivity contribution is -0.0498. The Morgan fingerprint density at radius 2 is 2.00 bits per heavy atom. The van der Waals surface area contributed by atoms with Gasteiger partial charge in [0.25, 0.3) is 0 Å². The van der Waals surface area contributed by atoms with Crippen molar-refractivity contribution in [2.75, 3.05) is 6.54 Å². The molecule has 0 aliphatic rings. The Kier molecular flexibility index (Phi) is 6.33. The van der Waals surface area contributed by atoms with Crippen molar-refractivity contribution < 1.29 is 21.9 Å². The molecular weight excluding hydrogens is 326 g/mol. The van der Waals surface area contributed by atoms with Crippen LogP contribution in [0.25, 0.3) is 0 Å². The second-order valence-corrected chi connectivity index (χ2v) is 6.90. The lowest BCUT2D eigenvalue weighted by Crippen LogP contribution is -2.40. The summed E-state index contributed by atoms with van der Waals surface area (Å²) in [5.41, 5.74) is 5.75. The second-order valence-electron chi connectivity index (χ2n) is 4.73. The van der Waals surface area contributed by atoms with Gasteiger partial charge in [0.05, 0.1) is 9.92 Å². The largest absolute Gasteiger partial charge is 0.433 e. The van der Waals surface area contributed by atoms with Crippen molar-refractivity contribution in [3.63, 3.8) is 0 Å². The molecule has 0 amide bonds. The molecule has 0 spiro atoms. The number of alkyl halides is 2. The van der Waals surface area contributed by atoms with E-state index in [0.29, 0.717) is 0 Å². The predicted molar refractivity (Wildman–Crippen MR) is 76.1 cm³/mol. The SMILES string of the molecule is CC(C)C(N)CNS(=O)(=O)c1ccc(OC(F)F)c(Cl)c1. The summed E-state index contributed by atoms with van der Waals surface area (Å²) in [6.07, 6.45) is 0. The third kappa shape index (κ3) is 5.39. The standard InChI is InChI=1S/C12H17ClF2N2O3S/c1-7(2)10(16)6-17-21(18,19)8-3-4-11(9(13)5-8)20-12(14)15/h3-5,7,10,12,17H,6,16H2,1-2H3. The smallest absolute Gasteiger partial charge is 0.387 e. The molecule has 0 radical (unpaired) electrons. The third-order valence-corrected chi connectivity index (χ3v) is 4.51. The number of rotatable bonds is 7. The zero-order valence-corrected chi connectivity index (χ0v) is 13.1. The molecule has 0 bridgehead atoms. The number of benzene rings is 1.